The van der Waals surface area contributed by atoms with Crippen molar-refractivity contribution in [2.75, 3.05) is 5.32 Å². The van der Waals surface area contributed by atoms with Gasteiger partial charge in [-0.3, -0.25) is 33.6 Å². The van der Waals surface area contributed by atoms with Gasteiger partial charge in [0.15, 0.2) is 0 Å². The molecule has 4 atom stereocenters. The monoisotopic (exact) mass is 952 g/mol. The number of H-pyrrole nitrogens is 2. The molecule has 0 bridgehead atoms. The van der Waals surface area contributed by atoms with Crippen LogP contribution in [-0.4, -0.2) is 108 Å². The van der Waals surface area contributed by atoms with Gasteiger partial charge in [0.1, 0.15) is 29.8 Å². The van der Waals surface area contributed by atoms with Crippen molar-refractivity contribution in [3.8, 4) is 0 Å². The third kappa shape index (κ3) is 15.2. The van der Waals surface area contributed by atoms with E-state index in [0.29, 0.717) is 5.56 Å². The van der Waals surface area contributed by atoms with Crippen molar-refractivity contribution in [2.24, 2.45) is 0 Å². The van der Waals surface area contributed by atoms with Crippen LogP contribution in [-0.2, 0) is 57.4 Å². The molecule has 0 saturated carbocycles. The molecule has 0 aliphatic heterocycles. The van der Waals surface area contributed by atoms with Crippen molar-refractivity contribution in [1.82, 2.24) is 36.2 Å². The van der Waals surface area contributed by atoms with E-state index < -0.39 is 125 Å². The highest BCUT2D eigenvalue weighted by Gasteiger charge is 2.38. The van der Waals surface area contributed by atoms with Gasteiger partial charge in [0.05, 0.1) is 18.3 Å². The van der Waals surface area contributed by atoms with Gasteiger partial charge in [-0.1, -0.05) is 18.2 Å². The van der Waals surface area contributed by atoms with Crippen molar-refractivity contribution in [2.45, 2.75) is 75.5 Å². The van der Waals surface area contributed by atoms with Gasteiger partial charge < -0.3 is 56.3 Å². The molecule has 3 heterocycles. The van der Waals surface area contributed by atoms with Gasteiger partial charge in [-0.2, -0.15) is 26.3 Å². The second-order valence-corrected chi connectivity index (χ2v) is 14.3. The number of carbonyl (C=O) groups excluding carboxylic acids is 5. The highest BCUT2D eigenvalue weighted by atomic mass is 19.4. The number of hydrogen-bond acceptors (Lipinski definition) is 11. The van der Waals surface area contributed by atoms with E-state index in [2.05, 4.69) is 41.5 Å². The number of rotatable bonds is 18. The summed E-state index contributed by atoms with van der Waals surface area (Å²) in [4.78, 5) is 121. The van der Waals surface area contributed by atoms with Crippen LogP contribution >= 0.6 is 0 Å². The van der Waals surface area contributed by atoms with Crippen molar-refractivity contribution < 1.29 is 84.4 Å². The van der Waals surface area contributed by atoms with Gasteiger partial charge in [0.25, 0.3) is 0 Å². The van der Waals surface area contributed by atoms with Crippen LogP contribution < -0.4 is 32.2 Å². The fourth-order valence-electron chi connectivity index (χ4n) is 6.24. The lowest BCUT2D eigenvalue weighted by atomic mass is 10.0. The summed E-state index contributed by atoms with van der Waals surface area (Å²) in [7, 11) is 0. The summed E-state index contributed by atoms with van der Waals surface area (Å²) in [6.45, 7) is 1.18. The van der Waals surface area contributed by atoms with Crippen molar-refractivity contribution in [1.29, 1.82) is 0 Å². The molecular formula is C40H38F6N8O13. The van der Waals surface area contributed by atoms with Gasteiger partial charge in [-0.15, -0.1) is 0 Å². The number of para-hydroxylation sites is 1. The predicted molar refractivity (Wildman–Crippen MR) is 217 cm³/mol. The molecule has 0 aliphatic rings. The number of aromatic nitrogens is 3. The average molecular weight is 953 g/mol. The highest BCUT2D eigenvalue weighted by Crippen LogP contribution is 2.34. The standard InChI is InChI=1S/C38H37F3N8O11.C2HF3O2/c1-18(50)45-27(10-19-15-43-25-5-3-2-4-22(19)25)36(58)47-26(8-9-31(51)52)34(56)48-28(11-21-16-42-17-44-21)37(59)49-29(14-32(53)54)35(57)46-20-6-7-23-24(38(39,40)41)13-33(55)60-30(23)12-20;3-2(4,5)1(6)7/h2-7,12-13,15-17,26-29,43H,8-11,14H2,1H3,(H,42,44)(H,45,50)(H,46,57)(H,47,58)(H,48,56)(H,49,59)(H,51,52)(H,53,54);(H,6,7)/t26-,27-,28-,29-;/m0./s1. The van der Waals surface area contributed by atoms with Crippen molar-refractivity contribution in [3.63, 3.8) is 0 Å². The zero-order valence-electron chi connectivity index (χ0n) is 34.3. The van der Waals surface area contributed by atoms with E-state index in [4.69, 9.17) is 14.3 Å². The number of carboxylic acids is 3. The summed E-state index contributed by atoms with van der Waals surface area (Å²) in [5.41, 5.74) is -1.75. The van der Waals surface area contributed by atoms with Crippen LogP contribution in [0.5, 0.6) is 0 Å². The number of halogens is 6. The number of fused-ring (bicyclic) bond motifs is 2. The maximum atomic E-state index is 13.8. The zero-order valence-corrected chi connectivity index (χ0v) is 34.3. The van der Waals surface area contributed by atoms with Gasteiger partial charge in [-0.25, -0.2) is 14.6 Å². The molecule has 0 unspecified atom stereocenters. The van der Waals surface area contributed by atoms with Gasteiger partial charge in [0.2, 0.25) is 29.5 Å². The smallest absolute Gasteiger partial charge is 0.481 e. The Bertz CT molecular complexity index is 2700. The molecule has 2 aromatic carbocycles. The Morgan fingerprint density at radius 3 is 1.93 bits per heavy atom. The molecule has 0 saturated heterocycles. The molecule has 5 aromatic rings. The van der Waals surface area contributed by atoms with Crippen molar-refractivity contribution in [3.05, 3.63) is 94.5 Å². The lowest BCUT2D eigenvalue weighted by Gasteiger charge is -2.26. The van der Waals surface area contributed by atoms with Crippen LogP contribution in [0.25, 0.3) is 21.9 Å². The summed E-state index contributed by atoms with van der Waals surface area (Å²) in [6.07, 6.45) is -8.34. The van der Waals surface area contributed by atoms with E-state index in [9.17, 15) is 74.9 Å². The van der Waals surface area contributed by atoms with E-state index >= 15 is 0 Å². The zero-order chi connectivity index (χ0) is 49.8. The Hall–Kier alpha value is -8.26. The molecular weight excluding hydrogens is 914 g/mol. The first kappa shape index (κ1) is 51.4. The molecule has 0 radical (unpaired) electrons. The minimum atomic E-state index is -5.08. The van der Waals surface area contributed by atoms with E-state index in [1.807, 2.05) is 0 Å². The number of aliphatic carboxylic acids is 3. The van der Waals surface area contributed by atoms with Crippen molar-refractivity contribution >= 4 is 75.0 Å². The number of nitrogens with one attached hydrogen (secondary N) is 7. The van der Waals surface area contributed by atoms with Crippen LogP contribution in [0.15, 0.2) is 76.5 Å². The Balaban J connectivity index is 0.00000129. The van der Waals surface area contributed by atoms with Gasteiger partial charge >= 0.3 is 35.9 Å². The van der Waals surface area contributed by atoms with Crippen LogP contribution in [0.1, 0.15) is 43.0 Å². The first-order valence-electron chi connectivity index (χ1n) is 19.2. The number of anilines is 1. The maximum Gasteiger partial charge on any atom is 0.490 e. The lowest BCUT2D eigenvalue weighted by Crippen LogP contribution is -2.58. The fourth-order valence-corrected chi connectivity index (χ4v) is 6.24. The summed E-state index contributed by atoms with van der Waals surface area (Å²) in [5.74, 6) is -10.5. The molecule has 0 aliphatic carbocycles. The quantitative estimate of drug-likeness (QED) is 0.0446. The first-order valence-corrected chi connectivity index (χ1v) is 19.2. The van der Waals surface area contributed by atoms with Crippen LogP contribution in [0.2, 0.25) is 0 Å². The number of amides is 5. The Labute approximate surface area is 370 Å². The van der Waals surface area contributed by atoms with E-state index in [0.717, 1.165) is 29.1 Å². The molecule has 10 N–H and O–H groups in total. The van der Waals surface area contributed by atoms with Crippen LogP contribution in [0.3, 0.4) is 0 Å². The second-order valence-electron chi connectivity index (χ2n) is 14.3. The maximum absolute atomic E-state index is 13.8. The highest BCUT2D eigenvalue weighted by molar-refractivity contribution is 6.02. The summed E-state index contributed by atoms with van der Waals surface area (Å²) < 4.78 is 77.2. The van der Waals surface area contributed by atoms with Crippen LogP contribution in [0, 0.1) is 0 Å². The molecule has 0 fully saturated rings. The molecule has 5 amide bonds. The molecule has 27 heteroatoms. The second kappa shape index (κ2) is 22.1. The largest absolute Gasteiger partial charge is 0.490 e. The fraction of sp³-hybridized carbons (Fsp3) is 0.300. The SMILES string of the molecule is CC(=O)N[C@@H](Cc1c[nH]c2ccccc12)C(=O)N[C@@H](CCC(=O)O)C(=O)N[C@@H](Cc1cnc[nH]1)C(=O)N[C@@H](CC(=O)O)C(=O)Nc1ccc2c(C(F)(F)F)cc(=O)oc2c1.O=C(O)C(F)(F)F. The Morgan fingerprint density at radius 2 is 1.34 bits per heavy atom. The summed E-state index contributed by atoms with van der Waals surface area (Å²) in [6, 6.07) is 3.92. The normalized spacial score (nSPS) is 13.2. The molecule has 358 valence electrons. The first-order chi connectivity index (χ1) is 31.3. The topological polar surface area (TPSA) is 332 Å². The third-order valence-corrected chi connectivity index (χ3v) is 9.26. The molecule has 3 aromatic heterocycles. The molecule has 0 spiro atoms. The third-order valence-electron chi connectivity index (χ3n) is 9.26. The predicted octanol–water partition coefficient (Wildman–Crippen LogP) is 2.37. The van der Waals surface area contributed by atoms with Gasteiger partial charge in [-0.05, 0) is 30.2 Å². The number of hydrogen-bond donors (Lipinski definition) is 10. The van der Waals surface area contributed by atoms with Gasteiger partial charge in [0, 0.05) is 78.4 Å². The number of alkyl halides is 6. The van der Waals surface area contributed by atoms with Crippen LogP contribution in [0.4, 0.5) is 32.0 Å². The summed E-state index contributed by atoms with van der Waals surface area (Å²) >= 11 is 0. The van der Waals surface area contributed by atoms with E-state index in [-0.39, 0.29) is 30.3 Å². The van der Waals surface area contributed by atoms with E-state index in [1.54, 1.807) is 30.5 Å². The minimum absolute atomic E-state index is 0.0389. The number of carboxylic acid groups (broad SMARTS) is 3. The number of imidazole rings is 1. The van der Waals surface area contributed by atoms with E-state index in [1.165, 1.54) is 19.4 Å². The number of nitrogens with zero attached hydrogens (tertiary/aromatic N) is 1. The number of benzene rings is 2. The lowest BCUT2D eigenvalue weighted by molar-refractivity contribution is -0.192. The Morgan fingerprint density at radius 1 is 0.731 bits per heavy atom. The number of carbonyl (C=O) groups is 8. The summed E-state index contributed by atoms with van der Waals surface area (Å²) in [5, 5.41) is 38.3. The Kier molecular flexibility index (Phi) is 16.9. The molecule has 5 rings (SSSR count). The number of aromatic amines is 2. The minimum Gasteiger partial charge on any atom is -0.481 e. The molecule has 67 heavy (non-hydrogen) atoms. The molecule has 21 nitrogen and oxygen atoms in total. The average Bonchev–Trinajstić information content (AvgIpc) is 3.90.